The maximum Gasteiger partial charge on any atom is 0.142 e. The van der Waals surface area contributed by atoms with E-state index in [4.69, 9.17) is 4.74 Å². The van der Waals surface area contributed by atoms with Gasteiger partial charge in [-0.25, -0.2) is 0 Å². The summed E-state index contributed by atoms with van der Waals surface area (Å²) in [6, 6.07) is 0. The summed E-state index contributed by atoms with van der Waals surface area (Å²) in [5, 5.41) is 9.54. The van der Waals surface area contributed by atoms with Gasteiger partial charge < -0.3 is 9.84 Å². The molecular weight excluding hydrogens is 222 g/mol. The molecule has 2 heterocycles. The third-order valence-electron chi connectivity index (χ3n) is 1.88. The summed E-state index contributed by atoms with van der Waals surface area (Å²) < 4.78 is 6.18. The van der Waals surface area contributed by atoms with Crippen molar-refractivity contribution in [3.63, 3.8) is 0 Å². The summed E-state index contributed by atoms with van der Waals surface area (Å²) in [7, 11) is 0. The van der Waals surface area contributed by atoms with Crippen LogP contribution in [0.3, 0.4) is 0 Å². The number of ether oxygens (including phenoxy) is 1. The molecule has 0 amide bonds. The molecule has 0 saturated carbocycles. The summed E-state index contributed by atoms with van der Waals surface area (Å²) in [6.07, 6.45) is 3.52. The van der Waals surface area contributed by atoms with Gasteiger partial charge in [-0.05, 0) is 15.9 Å². The molecule has 0 spiro atoms. The molecular formula is C8H8BrNO2. The number of aliphatic hydroxyl groups excluding tert-OH is 1. The largest absolute Gasteiger partial charge is 0.492 e. The van der Waals surface area contributed by atoms with E-state index in [0.717, 1.165) is 15.8 Å². The first-order valence-corrected chi connectivity index (χ1v) is 4.52. The van der Waals surface area contributed by atoms with Crippen LogP contribution in [0.2, 0.25) is 0 Å². The molecule has 12 heavy (non-hydrogen) atoms. The molecule has 1 atom stereocenters. The van der Waals surface area contributed by atoms with E-state index < -0.39 is 6.10 Å². The van der Waals surface area contributed by atoms with Crippen LogP contribution in [-0.2, 0) is 0 Å². The van der Waals surface area contributed by atoms with Crippen LogP contribution in [0.15, 0.2) is 16.9 Å². The third kappa shape index (κ3) is 1.21. The van der Waals surface area contributed by atoms with Crippen LogP contribution in [0.1, 0.15) is 18.1 Å². The van der Waals surface area contributed by atoms with Gasteiger partial charge in [-0.3, -0.25) is 4.98 Å². The number of fused-ring (bicyclic) bond motifs is 1. The van der Waals surface area contributed by atoms with E-state index in [0.29, 0.717) is 13.0 Å². The van der Waals surface area contributed by atoms with Crippen molar-refractivity contribution < 1.29 is 9.84 Å². The lowest BCUT2D eigenvalue weighted by Gasteiger charge is -2.22. The average Bonchev–Trinajstić information content (AvgIpc) is 2.07. The van der Waals surface area contributed by atoms with Gasteiger partial charge >= 0.3 is 0 Å². The Hall–Kier alpha value is -0.610. The Labute approximate surface area is 78.5 Å². The Morgan fingerprint density at radius 2 is 2.42 bits per heavy atom. The predicted octanol–water partition coefficient (Wildman–Crippen LogP) is 1.66. The van der Waals surface area contributed by atoms with E-state index in [-0.39, 0.29) is 0 Å². The normalized spacial score (nSPS) is 21.3. The maximum absolute atomic E-state index is 9.54. The number of rotatable bonds is 0. The second-order valence-corrected chi connectivity index (χ2v) is 3.55. The van der Waals surface area contributed by atoms with Crippen molar-refractivity contribution in [2.45, 2.75) is 12.5 Å². The number of aliphatic hydroxyl groups is 1. The highest BCUT2D eigenvalue weighted by Gasteiger charge is 2.21. The monoisotopic (exact) mass is 229 g/mol. The minimum Gasteiger partial charge on any atom is -0.492 e. The smallest absolute Gasteiger partial charge is 0.142 e. The van der Waals surface area contributed by atoms with E-state index in [2.05, 4.69) is 20.9 Å². The van der Waals surface area contributed by atoms with Gasteiger partial charge in [0.1, 0.15) is 5.75 Å². The second-order valence-electron chi connectivity index (χ2n) is 2.69. The van der Waals surface area contributed by atoms with Crippen LogP contribution in [-0.4, -0.2) is 16.7 Å². The third-order valence-corrected chi connectivity index (χ3v) is 2.44. The van der Waals surface area contributed by atoms with Crippen molar-refractivity contribution in [3.05, 3.63) is 22.4 Å². The number of hydrogen-bond donors (Lipinski definition) is 1. The quantitative estimate of drug-likeness (QED) is 0.736. The summed E-state index contributed by atoms with van der Waals surface area (Å²) in [6.45, 7) is 0.566. The zero-order valence-electron chi connectivity index (χ0n) is 6.33. The summed E-state index contributed by atoms with van der Waals surface area (Å²) >= 11 is 3.31. The molecule has 0 aliphatic carbocycles. The average molecular weight is 230 g/mol. The molecule has 0 fully saturated rings. The molecule has 0 aromatic carbocycles. The Morgan fingerprint density at radius 3 is 3.17 bits per heavy atom. The fourth-order valence-corrected chi connectivity index (χ4v) is 1.72. The fraction of sp³-hybridized carbons (Fsp3) is 0.375. The van der Waals surface area contributed by atoms with Gasteiger partial charge in [0.05, 0.1) is 17.2 Å². The standard InChI is InChI=1S/C8H8BrNO2/c9-6-4-10-3-5-7(11)1-2-12-8(5)6/h3-4,7,11H,1-2H2. The molecule has 4 heteroatoms. The minimum absolute atomic E-state index is 0.432. The number of halogens is 1. The molecule has 3 nitrogen and oxygen atoms in total. The van der Waals surface area contributed by atoms with E-state index in [1.54, 1.807) is 12.4 Å². The first-order chi connectivity index (χ1) is 5.79. The Kier molecular flexibility index (Phi) is 2.02. The molecule has 64 valence electrons. The van der Waals surface area contributed by atoms with Gasteiger partial charge in [-0.2, -0.15) is 0 Å². The van der Waals surface area contributed by atoms with E-state index in [9.17, 15) is 5.11 Å². The van der Waals surface area contributed by atoms with Crippen LogP contribution >= 0.6 is 15.9 Å². The molecule has 1 unspecified atom stereocenters. The lowest BCUT2D eigenvalue weighted by Crippen LogP contribution is -2.14. The number of nitrogens with zero attached hydrogens (tertiary/aromatic N) is 1. The first-order valence-electron chi connectivity index (χ1n) is 3.73. The van der Waals surface area contributed by atoms with Gasteiger partial charge in [0.25, 0.3) is 0 Å². The Balaban J connectivity index is 2.52. The lowest BCUT2D eigenvalue weighted by molar-refractivity contribution is 0.114. The summed E-state index contributed by atoms with van der Waals surface area (Å²) in [4.78, 5) is 3.96. The van der Waals surface area contributed by atoms with Gasteiger partial charge in [-0.15, -0.1) is 0 Å². The zero-order valence-corrected chi connectivity index (χ0v) is 7.91. The van der Waals surface area contributed by atoms with Crippen molar-refractivity contribution in [1.82, 2.24) is 4.98 Å². The SMILES string of the molecule is OC1CCOc2c(Br)cncc21. The molecule has 0 bridgehead atoms. The van der Waals surface area contributed by atoms with Gasteiger partial charge in [0.15, 0.2) is 0 Å². The van der Waals surface area contributed by atoms with Crippen molar-refractivity contribution in [2.24, 2.45) is 0 Å². The minimum atomic E-state index is -0.432. The van der Waals surface area contributed by atoms with Crippen LogP contribution in [0.4, 0.5) is 0 Å². The molecule has 1 N–H and O–H groups in total. The highest BCUT2D eigenvalue weighted by atomic mass is 79.9. The fourth-order valence-electron chi connectivity index (χ4n) is 1.26. The number of aromatic nitrogens is 1. The van der Waals surface area contributed by atoms with Gasteiger partial charge in [0.2, 0.25) is 0 Å². The van der Waals surface area contributed by atoms with Crippen LogP contribution in [0.25, 0.3) is 0 Å². The molecule has 1 aliphatic rings. The van der Waals surface area contributed by atoms with Crippen molar-refractivity contribution in [2.75, 3.05) is 6.61 Å². The highest BCUT2D eigenvalue weighted by molar-refractivity contribution is 9.10. The molecule has 1 aromatic rings. The van der Waals surface area contributed by atoms with Crippen molar-refractivity contribution >= 4 is 15.9 Å². The van der Waals surface area contributed by atoms with Gasteiger partial charge in [-0.1, -0.05) is 0 Å². The van der Waals surface area contributed by atoms with Crippen molar-refractivity contribution in [1.29, 1.82) is 0 Å². The van der Waals surface area contributed by atoms with Crippen LogP contribution in [0.5, 0.6) is 5.75 Å². The second kappa shape index (κ2) is 3.03. The highest BCUT2D eigenvalue weighted by Crippen LogP contribution is 2.36. The van der Waals surface area contributed by atoms with Gasteiger partial charge in [0, 0.05) is 24.4 Å². The summed E-state index contributed by atoms with van der Waals surface area (Å²) in [5.74, 6) is 0.726. The van der Waals surface area contributed by atoms with Crippen LogP contribution in [0, 0.1) is 0 Å². The predicted molar refractivity (Wildman–Crippen MR) is 47.0 cm³/mol. The Bertz CT molecular complexity index is 303. The lowest BCUT2D eigenvalue weighted by atomic mass is 10.1. The van der Waals surface area contributed by atoms with E-state index >= 15 is 0 Å². The molecule has 1 aliphatic heterocycles. The zero-order chi connectivity index (χ0) is 8.55. The summed E-state index contributed by atoms with van der Waals surface area (Å²) in [5.41, 5.74) is 0.774. The first kappa shape index (κ1) is 8.01. The molecule has 0 saturated heterocycles. The molecule has 2 rings (SSSR count). The van der Waals surface area contributed by atoms with E-state index in [1.807, 2.05) is 0 Å². The number of pyridine rings is 1. The molecule has 1 aromatic heterocycles. The number of hydrogen-bond acceptors (Lipinski definition) is 3. The topological polar surface area (TPSA) is 42.4 Å². The Morgan fingerprint density at radius 1 is 1.58 bits per heavy atom. The maximum atomic E-state index is 9.54. The van der Waals surface area contributed by atoms with Crippen LogP contribution < -0.4 is 4.74 Å². The molecule has 0 radical (unpaired) electrons. The van der Waals surface area contributed by atoms with E-state index in [1.165, 1.54) is 0 Å². The van der Waals surface area contributed by atoms with Crippen molar-refractivity contribution in [3.8, 4) is 5.75 Å².